The summed E-state index contributed by atoms with van der Waals surface area (Å²) in [5.41, 5.74) is 0.0528. The van der Waals surface area contributed by atoms with Gasteiger partial charge in [0, 0.05) is 6.07 Å². The zero-order chi connectivity index (χ0) is 15.8. The molecule has 0 radical (unpaired) electrons. The van der Waals surface area contributed by atoms with Crippen LogP contribution in [0.15, 0.2) is 22.7 Å². The van der Waals surface area contributed by atoms with E-state index in [2.05, 4.69) is 29.8 Å². The molecule has 0 heterocycles. The van der Waals surface area contributed by atoms with Crippen molar-refractivity contribution < 1.29 is 14.5 Å². The van der Waals surface area contributed by atoms with E-state index in [0.717, 1.165) is 25.7 Å². The summed E-state index contributed by atoms with van der Waals surface area (Å²) < 4.78 is 5.47. The first kappa shape index (κ1) is 17.6. The Morgan fingerprint density at radius 1 is 1.43 bits per heavy atom. The summed E-state index contributed by atoms with van der Waals surface area (Å²) >= 11 is 3.11. The number of carbonyl (C=O) groups is 1. The molecule has 0 fully saturated rings. The van der Waals surface area contributed by atoms with Crippen molar-refractivity contribution in [2.45, 2.75) is 39.5 Å². The van der Waals surface area contributed by atoms with E-state index in [1.165, 1.54) is 18.2 Å². The van der Waals surface area contributed by atoms with Crippen LogP contribution in [-0.4, -0.2) is 17.5 Å². The van der Waals surface area contributed by atoms with Gasteiger partial charge in [0.05, 0.1) is 17.1 Å². The number of carbonyl (C=O) groups excluding carboxylic acids is 1. The molecule has 0 spiro atoms. The Balaban J connectivity index is 2.72. The molecule has 1 atom stereocenters. The minimum atomic E-state index is -0.531. The monoisotopic (exact) mass is 357 g/mol. The van der Waals surface area contributed by atoms with E-state index >= 15 is 0 Å². The van der Waals surface area contributed by atoms with Crippen LogP contribution >= 0.6 is 15.9 Å². The average molecular weight is 358 g/mol. The minimum Gasteiger partial charge on any atom is -0.462 e. The van der Waals surface area contributed by atoms with Gasteiger partial charge in [-0.05, 0) is 34.3 Å². The van der Waals surface area contributed by atoms with Gasteiger partial charge in [0.15, 0.2) is 0 Å². The number of benzene rings is 1. The highest BCUT2D eigenvalue weighted by atomic mass is 79.9. The molecule has 0 N–H and O–H groups in total. The third-order valence-electron chi connectivity index (χ3n) is 3.39. The van der Waals surface area contributed by atoms with Gasteiger partial charge in [0.25, 0.3) is 5.69 Å². The molecule has 6 heteroatoms. The van der Waals surface area contributed by atoms with Gasteiger partial charge in [0.2, 0.25) is 0 Å². The number of halogens is 1. The van der Waals surface area contributed by atoms with Crippen LogP contribution in [0.2, 0.25) is 0 Å². The molecule has 1 aromatic carbocycles. The molecular formula is C15H20BrNO4. The maximum Gasteiger partial charge on any atom is 0.339 e. The lowest BCUT2D eigenvalue weighted by Crippen LogP contribution is -2.14. The van der Waals surface area contributed by atoms with Gasteiger partial charge < -0.3 is 4.74 Å². The number of unbranched alkanes of at least 4 members (excludes halogenated alkanes) is 1. The number of rotatable bonds is 8. The van der Waals surface area contributed by atoms with Crippen LogP contribution in [0.1, 0.15) is 49.9 Å². The molecule has 0 aromatic heterocycles. The fourth-order valence-electron chi connectivity index (χ4n) is 1.99. The van der Waals surface area contributed by atoms with Crippen molar-refractivity contribution in [3.63, 3.8) is 0 Å². The summed E-state index contributed by atoms with van der Waals surface area (Å²) in [6, 6.07) is 4.34. The van der Waals surface area contributed by atoms with Crippen molar-refractivity contribution in [3.05, 3.63) is 38.3 Å². The number of esters is 1. The van der Waals surface area contributed by atoms with E-state index in [9.17, 15) is 14.9 Å². The first-order valence-corrected chi connectivity index (χ1v) is 7.90. The molecule has 0 amide bonds. The smallest absolute Gasteiger partial charge is 0.339 e. The Bertz CT molecular complexity index is 504. The molecule has 0 bridgehead atoms. The highest BCUT2D eigenvalue weighted by molar-refractivity contribution is 9.10. The molecule has 0 saturated heterocycles. The van der Waals surface area contributed by atoms with Gasteiger partial charge in [-0.2, -0.15) is 0 Å². The Kier molecular flexibility index (Phi) is 7.36. The van der Waals surface area contributed by atoms with Gasteiger partial charge in [0.1, 0.15) is 4.47 Å². The molecular weight excluding hydrogens is 338 g/mol. The van der Waals surface area contributed by atoms with Gasteiger partial charge in [-0.25, -0.2) is 4.79 Å². The second kappa shape index (κ2) is 8.77. The average Bonchev–Trinajstić information content (AvgIpc) is 2.47. The fourth-order valence-corrected chi connectivity index (χ4v) is 2.56. The van der Waals surface area contributed by atoms with E-state index in [4.69, 9.17) is 4.74 Å². The number of hydrogen-bond acceptors (Lipinski definition) is 4. The van der Waals surface area contributed by atoms with Crippen molar-refractivity contribution in [1.29, 1.82) is 0 Å². The third kappa shape index (κ3) is 5.12. The molecule has 0 aliphatic carbocycles. The topological polar surface area (TPSA) is 69.4 Å². The summed E-state index contributed by atoms with van der Waals surface area (Å²) in [6.07, 6.45) is 4.19. The predicted molar refractivity (Wildman–Crippen MR) is 84.4 cm³/mol. The van der Waals surface area contributed by atoms with Crippen LogP contribution in [0, 0.1) is 16.0 Å². The summed E-state index contributed by atoms with van der Waals surface area (Å²) in [5.74, 6) is -0.188. The highest BCUT2D eigenvalue weighted by Gasteiger charge is 2.21. The third-order valence-corrected chi connectivity index (χ3v) is 4.22. The quantitative estimate of drug-likeness (QED) is 0.383. The normalized spacial score (nSPS) is 12.0. The van der Waals surface area contributed by atoms with Crippen molar-refractivity contribution >= 4 is 27.6 Å². The maximum absolute atomic E-state index is 12.1. The molecule has 1 unspecified atom stereocenters. The molecule has 0 saturated carbocycles. The van der Waals surface area contributed by atoms with Crippen LogP contribution < -0.4 is 0 Å². The lowest BCUT2D eigenvalue weighted by molar-refractivity contribution is -0.385. The second-order valence-electron chi connectivity index (χ2n) is 4.91. The lowest BCUT2D eigenvalue weighted by Gasteiger charge is -2.14. The van der Waals surface area contributed by atoms with E-state index in [0.29, 0.717) is 12.5 Å². The first-order chi connectivity index (χ1) is 10.0. The Labute approximate surface area is 133 Å². The Morgan fingerprint density at radius 3 is 2.71 bits per heavy atom. The fraction of sp³-hybridized carbons (Fsp3) is 0.533. The molecule has 5 nitrogen and oxygen atoms in total. The Morgan fingerprint density at radius 2 is 2.14 bits per heavy atom. The molecule has 21 heavy (non-hydrogen) atoms. The number of nitro groups is 1. The van der Waals surface area contributed by atoms with Crippen LogP contribution in [0.5, 0.6) is 0 Å². The largest absolute Gasteiger partial charge is 0.462 e. The van der Waals surface area contributed by atoms with Crippen molar-refractivity contribution in [3.8, 4) is 0 Å². The molecule has 1 rings (SSSR count). The minimum absolute atomic E-state index is 0.137. The standard InChI is InChI=1S/C15H20BrNO4/c1-3-5-7-11(4-2)10-21-15(18)12-8-6-9-13(14(12)16)17(19)20/h6,8-9,11H,3-5,7,10H2,1-2H3. The lowest BCUT2D eigenvalue weighted by atomic mass is 10.0. The summed E-state index contributed by atoms with van der Waals surface area (Å²) in [7, 11) is 0. The van der Waals surface area contributed by atoms with Crippen LogP contribution in [-0.2, 0) is 4.74 Å². The highest BCUT2D eigenvalue weighted by Crippen LogP contribution is 2.29. The van der Waals surface area contributed by atoms with Gasteiger partial charge in [-0.15, -0.1) is 0 Å². The van der Waals surface area contributed by atoms with Crippen molar-refractivity contribution in [2.75, 3.05) is 6.61 Å². The molecule has 0 aliphatic heterocycles. The predicted octanol–water partition coefficient (Wildman–Crippen LogP) is 4.73. The van der Waals surface area contributed by atoms with E-state index in [1.807, 2.05) is 0 Å². The van der Waals surface area contributed by atoms with Crippen LogP contribution in [0.25, 0.3) is 0 Å². The molecule has 0 aliphatic rings. The summed E-state index contributed by atoms with van der Waals surface area (Å²) in [6.45, 7) is 4.54. The van der Waals surface area contributed by atoms with E-state index in [-0.39, 0.29) is 15.7 Å². The summed E-state index contributed by atoms with van der Waals surface area (Å²) in [5, 5.41) is 10.9. The van der Waals surface area contributed by atoms with Crippen LogP contribution in [0.3, 0.4) is 0 Å². The maximum atomic E-state index is 12.1. The number of hydrogen-bond donors (Lipinski definition) is 0. The second-order valence-corrected chi connectivity index (χ2v) is 5.70. The SMILES string of the molecule is CCCCC(CC)COC(=O)c1cccc([N+](=O)[O-])c1Br. The van der Waals surface area contributed by atoms with E-state index in [1.54, 1.807) is 0 Å². The van der Waals surface area contributed by atoms with E-state index < -0.39 is 10.9 Å². The molecule has 116 valence electrons. The first-order valence-electron chi connectivity index (χ1n) is 7.11. The number of nitrogens with zero attached hydrogens (tertiary/aromatic N) is 1. The summed E-state index contributed by atoms with van der Waals surface area (Å²) in [4.78, 5) is 22.4. The van der Waals surface area contributed by atoms with Gasteiger partial charge in [-0.1, -0.05) is 39.2 Å². The van der Waals surface area contributed by atoms with Crippen molar-refractivity contribution in [2.24, 2.45) is 5.92 Å². The number of ether oxygens (including phenoxy) is 1. The molecule has 1 aromatic rings. The Hall–Kier alpha value is -1.43. The number of nitro benzene ring substituents is 1. The van der Waals surface area contributed by atoms with Gasteiger partial charge in [-0.3, -0.25) is 10.1 Å². The zero-order valence-corrected chi connectivity index (χ0v) is 13.9. The van der Waals surface area contributed by atoms with Gasteiger partial charge >= 0.3 is 5.97 Å². The van der Waals surface area contributed by atoms with Crippen molar-refractivity contribution in [1.82, 2.24) is 0 Å². The van der Waals surface area contributed by atoms with Crippen LogP contribution in [0.4, 0.5) is 5.69 Å². The zero-order valence-electron chi connectivity index (χ0n) is 12.3.